The smallest absolute Gasteiger partial charge is 0.271 e. The Morgan fingerprint density at radius 1 is 1.44 bits per heavy atom. The Bertz CT molecular complexity index is 467. The first-order chi connectivity index (χ1) is 8.20. The van der Waals surface area contributed by atoms with E-state index in [1.165, 1.54) is 6.92 Å². The van der Waals surface area contributed by atoms with Crippen molar-refractivity contribution in [3.05, 3.63) is 24.3 Å². The molecule has 2 amide bonds. The average molecular weight is 276 g/mol. The van der Waals surface area contributed by atoms with E-state index in [0.717, 1.165) is 19.3 Å². The van der Waals surface area contributed by atoms with Crippen LogP contribution in [0.25, 0.3) is 0 Å². The Hall–Kier alpha value is -1.67. The Labute approximate surface area is 106 Å². The van der Waals surface area contributed by atoms with Crippen molar-refractivity contribution >= 4 is 21.9 Å². The standard InChI is InChI=1S/C10H16N2O5S/c1-7(4-5-9(11)13)10(14)12-6-8(2)18(15,16)17-3/h4-5,8H,1,6H2,2-3H3,(H2,11,13)(H,12,14). The van der Waals surface area contributed by atoms with Crippen LogP contribution in [0.5, 0.6) is 0 Å². The van der Waals surface area contributed by atoms with Crippen LogP contribution in [0.2, 0.25) is 0 Å². The summed E-state index contributed by atoms with van der Waals surface area (Å²) in [4.78, 5) is 21.9. The van der Waals surface area contributed by atoms with Gasteiger partial charge in [-0.1, -0.05) is 6.58 Å². The predicted molar refractivity (Wildman–Crippen MR) is 65.9 cm³/mol. The largest absolute Gasteiger partial charge is 0.366 e. The van der Waals surface area contributed by atoms with E-state index in [4.69, 9.17) is 5.73 Å². The van der Waals surface area contributed by atoms with Crippen LogP contribution in [0.3, 0.4) is 0 Å². The quantitative estimate of drug-likeness (QED) is 0.354. The molecule has 0 radical (unpaired) electrons. The number of primary amides is 1. The third kappa shape index (κ3) is 5.60. The highest BCUT2D eigenvalue weighted by Gasteiger charge is 2.20. The van der Waals surface area contributed by atoms with Gasteiger partial charge in [-0.15, -0.1) is 0 Å². The third-order valence-electron chi connectivity index (χ3n) is 2.02. The van der Waals surface area contributed by atoms with E-state index in [1.54, 1.807) is 0 Å². The molecule has 7 nitrogen and oxygen atoms in total. The second kappa shape index (κ2) is 6.92. The topological polar surface area (TPSA) is 116 Å². The molecule has 0 saturated carbocycles. The van der Waals surface area contributed by atoms with Crippen molar-refractivity contribution in [2.75, 3.05) is 13.7 Å². The van der Waals surface area contributed by atoms with Crippen molar-refractivity contribution in [2.24, 2.45) is 5.73 Å². The minimum Gasteiger partial charge on any atom is -0.366 e. The molecular formula is C10H16N2O5S. The van der Waals surface area contributed by atoms with Crippen molar-refractivity contribution in [3.8, 4) is 0 Å². The van der Waals surface area contributed by atoms with Gasteiger partial charge in [0.2, 0.25) is 5.91 Å². The molecule has 0 fully saturated rings. The molecule has 18 heavy (non-hydrogen) atoms. The first-order valence-corrected chi connectivity index (χ1v) is 6.42. The van der Waals surface area contributed by atoms with Crippen LogP contribution in [-0.4, -0.2) is 39.1 Å². The molecule has 0 aliphatic carbocycles. The fourth-order valence-electron chi connectivity index (χ4n) is 0.875. The van der Waals surface area contributed by atoms with Gasteiger partial charge in [0.15, 0.2) is 0 Å². The van der Waals surface area contributed by atoms with Gasteiger partial charge in [0, 0.05) is 18.2 Å². The molecule has 8 heteroatoms. The Kier molecular flexibility index (Phi) is 6.28. The van der Waals surface area contributed by atoms with Crippen LogP contribution in [-0.2, 0) is 23.9 Å². The number of hydrogen-bond donors (Lipinski definition) is 2. The maximum absolute atomic E-state index is 11.4. The highest BCUT2D eigenvalue weighted by Crippen LogP contribution is 2.01. The molecule has 1 unspecified atom stereocenters. The molecule has 0 aromatic heterocycles. The summed E-state index contributed by atoms with van der Waals surface area (Å²) in [6.45, 7) is 4.66. The summed E-state index contributed by atoms with van der Waals surface area (Å²) in [5.41, 5.74) is 4.84. The molecule has 0 bridgehead atoms. The monoisotopic (exact) mass is 276 g/mol. The lowest BCUT2D eigenvalue weighted by Gasteiger charge is -2.11. The lowest BCUT2D eigenvalue weighted by atomic mass is 10.2. The lowest BCUT2D eigenvalue weighted by Crippen LogP contribution is -2.35. The number of carbonyl (C=O) groups excluding carboxylic acids is 2. The van der Waals surface area contributed by atoms with Crippen LogP contribution in [0, 0.1) is 0 Å². The van der Waals surface area contributed by atoms with Crippen molar-refractivity contribution in [3.63, 3.8) is 0 Å². The third-order valence-corrected chi connectivity index (χ3v) is 3.63. The van der Waals surface area contributed by atoms with Crippen LogP contribution in [0.15, 0.2) is 24.3 Å². The summed E-state index contributed by atoms with van der Waals surface area (Å²) >= 11 is 0. The molecule has 1 atom stereocenters. The number of rotatable bonds is 7. The van der Waals surface area contributed by atoms with Gasteiger partial charge in [0.1, 0.15) is 5.25 Å². The highest BCUT2D eigenvalue weighted by molar-refractivity contribution is 7.87. The van der Waals surface area contributed by atoms with Gasteiger partial charge in [-0.2, -0.15) is 8.42 Å². The first-order valence-electron chi connectivity index (χ1n) is 4.94. The van der Waals surface area contributed by atoms with E-state index in [1.807, 2.05) is 0 Å². The van der Waals surface area contributed by atoms with Gasteiger partial charge in [0.25, 0.3) is 16.0 Å². The SMILES string of the molecule is C=C(C=CC(N)=O)C(=O)NCC(C)S(=O)(=O)OC. The molecule has 0 aromatic rings. The van der Waals surface area contributed by atoms with E-state index in [2.05, 4.69) is 16.1 Å². The Balaban J connectivity index is 4.36. The van der Waals surface area contributed by atoms with E-state index in [0.29, 0.717) is 0 Å². The predicted octanol–water partition coefficient (Wildman–Crippen LogP) is -0.935. The molecule has 0 spiro atoms. The highest BCUT2D eigenvalue weighted by atomic mass is 32.2. The van der Waals surface area contributed by atoms with Gasteiger partial charge in [-0.05, 0) is 13.0 Å². The summed E-state index contributed by atoms with van der Waals surface area (Å²) in [6, 6.07) is 0. The Morgan fingerprint density at radius 3 is 2.44 bits per heavy atom. The van der Waals surface area contributed by atoms with Crippen LogP contribution in [0.1, 0.15) is 6.92 Å². The Morgan fingerprint density at radius 2 is 2.00 bits per heavy atom. The molecule has 0 saturated heterocycles. The van der Waals surface area contributed by atoms with E-state index < -0.39 is 27.2 Å². The van der Waals surface area contributed by atoms with Gasteiger partial charge >= 0.3 is 0 Å². The second-order valence-electron chi connectivity index (χ2n) is 3.44. The van der Waals surface area contributed by atoms with Crippen molar-refractivity contribution in [2.45, 2.75) is 12.2 Å². The average Bonchev–Trinajstić information content (AvgIpc) is 2.32. The zero-order valence-corrected chi connectivity index (χ0v) is 11.0. The molecule has 0 rings (SSSR count). The molecule has 0 aromatic carbocycles. The number of amides is 2. The molecular weight excluding hydrogens is 260 g/mol. The normalized spacial score (nSPS) is 13.2. The van der Waals surface area contributed by atoms with Crippen molar-refractivity contribution in [1.29, 1.82) is 0 Å². The fourth-order valence-corrected chi connectivity index (χ4v) is 1.49. The van der Waals surface area contributed by atoms with Gasteiger partial charge in [0.05, 0.1) is 7.11 Å². The number of nitrogens with two attached hydrogens (primary N) is 1. The van der Waals surface area contributed by atoms with Crippen molar-refractivity contribution < 1.29 is 22.2 Å². The van der Waals surface area contributed by atoms with Crippen LogP contribution in [0.4, 0.5) is 0 Å². The van der Waals surface area contributed by atoms with Gasteiger partial charge in [-0.25, -0.2) is 0 Å². The van der Waals surface area contributed by atoms with E-state index >= 15 is 0 Å². The minimum absolute atomic E-state index is 0.00388. The summed E-state index contributed by atoms with van der Waals surface area (Å²) in [6.07, 6.45) is 2.13. The van der Waals surface area contributed by atoms with Gasteiger partial charge in [-0.3, -0.25) is 13.8 Å². The summed E-state index contributed by atoms with van der Waals surface area (Å²) in [5.74, 6) is -1.30. The zero-order chi connectivity index (χ0) is 14.3. The summed E-state index contributed by atoms with van der Waals surface area (Å²) in [7, 11) is -2.64. The number of nitrogens with one attached hydrogen (secondary N) is 1. The molecule has 0 aliphatic rings. The molecule has 102 valence electrons. The van der Waals surface area contributed by atoms with Crippen molar-refractivity contribution in [1.82, 2.24) is 5.32 Å². The minimum atomic E-state index is -3.68. The number of hydrogen-bond acceptors (Lipinski definition) is 5. The maximum Gasteiger partial charge on any atom is 0.271 e. The van der Waals surface area contributed by atoms with Crippen LogP contribution >= 0.6 is 0 Å². The second-order valence-corrected chi connectivity index (χ2v) is 5.56. The molecule has 3 N–H and O–H groups in total. The lowest BCUT2D eigenvalue weighted by molar-refractivity contribution is -0.117. The summed E-state index contributed by atoms with van der Waals surface area (Å²) in [5, 5.41) is 1.46. The van der Waals surface area contributed by atoms with Gasteiger partial charge < -0.3 is 11.1 Å². The first kappa shape index (κ1) is 16.3. The van der Waals surface area contributed by atoms with Crippen LogP contribution < -0.4 is 11.1 Å². The van der Waals surface area contributed by atoms with E-state index in [-0.39, 0.29) is 12.1 Å². The summed E-state index contributed by atoms with van der Waals surface area (Å²) < 4.78 is 26.7. The fraction of sp³-hybridized carbons (Fsp3) is 0.400. The zero-order valence-electron chi connectivity index (χ0n) is 10.2. The molecule has 0 heterocycles. The number of carbonyl (C=O) groups is 2. The van der Waals surface area contributed by atoms with E-state index in [9.17, 15) is 18.0 Å². The maximum atomic E-state index is 11.4. The molecule has 0 aliphatic heterocycles.